The number of benzene rings is 2. The number of hydrogen-bond donors (Lipinski definition) is 3. The standard InChI is InChI=1S/C19H15ClN2O6S/c20-15-10-16(21-11-13-7-4-8-28-13)14(18(23)24)9-17(15)29(26,27)19(25)22-12-5-2-1-3-6-12/h1-10,21H,11H2,(H,22,25)(H,23,24). The van der Waals surface area contributed by atoms with Gasteiger partial charge in [-0.1, -0.05) is 29.8 Å². The van der Waals surface area contributed by atoms with Crippen molar-refractivity contribution in [3.63, 3.8) is 0 Å². The minimum atomic E-state index is -4.59. The molecule has 0 spiro atoms. The summed E-state index contributed by atoms with van der Waals surface area (Å²) in [7, 11) is -4.59. The highest BCUT2D eigenvalue weighted by Gasteiger charge is 2.30. The summed E-state index contributed by atoms with van der Waals surface area (Å²) < 4.78 is 30.5. The van der Waals surface area contributed by atoms with Crippen LogP contribution >= 0.6 is 11.6 Å². The Morgan fingerprint density at radius 3 is 2.41 bits per heavy atom. The maximum Gasteiger partial charge on any atom is 0.345 e. The Hall–Kier alpha value is -3.30. The lowest BCUT2D eigenvalue weighted by molar-refractivity contribution is 0.0697. The fourth-order valence-corrected chi connectivity index (χ4v) is 3.99. The number of carboxylic acid groups (broad SMARTS) is 1. The molecule has 8 nitrogen and oxygen atoms in total. The number of sulfone groups is 1. The van der Waals surface area contributed by atoms with Crippen LogP contribution in [0.2, 0.25) is 5.02 Å². The molecule has 0 aliphatic rings. The first-order chi connectivity index (χ1) is 13.8. The lowest BCUT2D eigenvalue weighted by Gasteiger charge is -2.13. The van der Waals surface area contributed by atoms with E-state index in [9.17, 15) is 23.1 Å². The molecule has 0 saturated heterocycles. The van der Waals surface area contributed by atoms with Crippen molar-refractivity contribution in [2.75, 3.05) is 10.6 Å². The van der Waals surface area contributed by atoms with Gasteiger partial charge < -0.3 is 20.2 Å². The second-order valence-electron chi connectivity index (χ2n) is 5.85. The van der Waals surface area contributed by atoms with E-state index in [1.165, 1.54) is 18.4 Å². The summed E-state index contributed by atoms with van der Waals surface area (Å²) in [6, 6.07) is 13.3. The van der Waals surface area contributed by atoms with Crippen molar-refractivity contribution in [2.45, 2.75) is 11.4 Å². The summed E-state index contributed by atoms with van der Waals surface area (Å²) >= 11 is 6.08. The Bertz CT molecular complexity index is 1140. The number of aromatic carboxylic acids is 1. The highest BCUT2D eigenvalue weighted by atomic mass is 35.5. The zero-order valence-corrected chi connectivity index (χ0v) is 16.3. The normalized spacial score (nSPS) is 11.1. The van der Waals surface area contributed by atoms with E-state index in [1.54, 1.807) is 30.3 Å². The second kappa shape index (κ2) is 8.38. The van der Waals surface area contributed by atoms with Gasteiger partial charge in [0.15, 0.2) is 0 Å². The smallest absolute Gasteiger partial charge is 0.345 e. The molecule has 1 heterocycles. The van der Waals surface area contributed by atoms with Crippen LogP contribution in [0.5, 0.6) is 0 Å². The molecule has 0 atom stereocenters. The molecule has 1 amide bonds. The minimum Gasteiger partial charge on any atom is -0.478 e. The number of amides is 1. The zero-order chi connectivity index (χ0) is 21.0. The zero-order valence-electron chi connectivity index (χ0n) is 14.8. The lowest BCUT2D eigenvalue weighted by atomic mass is 10.1. The lowest BCUT2D eigenvalue weighted by Crippen LogP contribution is -2.22. The first kappa shape index (κ1) is 20.4. The molecule has 29 heavy (non-hydrogen) atoms. The molecule has 0 saturated carbocycles. The number of carboxylic acids is 1. The number of para-hydroxylation sites is 1. The predicted octanol–water partition coefficient (Wildman–Crippen LogP) is 4.25. The van der Waals surface area contributed by atoms with E-state index in [-0.39, 0.29) is 28.5 Å². The van der Waals surface area contributed by atoms with Crippen LogP contribution in [0.4, 0.5) is 16.2 Å². The highest BCUT2D eigenvalue weighted by Crippen LogP contribution is 2.31. The monoisotopic (exact) mass is 434 g/mol. The van der Waals surface area contributed by atoms with E-state index in [0.29, 0.717) is 5.76 Å². The van der Waals surface area contributed by atoms with Gasteiger partial charge in [-0.3, -0.25) is 4.79 Å². The van der Waals surface area contributed by atoms with Gasteiger partial charge in [-0.2, -0.15) is 0 Å². The molecule has 0 radical (unpaired) electrons. The number of nitrogens with one attached hydrogen (secondary N) is 2. The molecule has 3 aromatic rings. The largest absolute Gasteiger partial charge is 0.478 e. The van der Waals surface area contributed by atoms with Crippen LogP contribution in [0.1, 0.15) is 16.1 Å². The van der Waals surface area contributed by atoms with Crippen LogP contribution in [0.25, 0.3) is 0 Å². The fraction of sp³-hybridized carbons (Fsp3) is 0.0526. The van der Waals surface area contributed by atoms with Gasteiger partial charge in [0.1, 0.15) is 5.76 Å². The van der Waals surface area contributed by atoms with Gasteiger partial charge in [0.05, 0.1) is 34.0 Å². The fourth-order valence-electron chi connectivity index (χ4n) is 2.48. The number of hydrogen-bond acceptors (Lipinski definition) is 6. The molecule has 0 fully saturated rings. The van der Waals surface area contributed by atoms with Crippen LogP contribution in [0.3, 0.4) is 0 Å². The average Bonchev–Trinajstić information content (AvgIpc) is 3.20. The SMILES string of the molecule is O=C(O)c1cc(S(=O)(=O)C(=O)Nc2ccccc2)c(Cl)cc1NCc1ccco1. The molecular formula is C19H15ClN2O6S. The number of carbonyl (C=O) groups excluding carboxylic acids is 1. The molecular weight excluding hydrogens is 420 g/mol. The summed E-state index contributed by atoms with van der Waals surface area (Å²) in [4.78, 5) is 23.3. The molecule has 3 N–H and O–H groups in total. The van der Waals surface area contributed by atoms with Crippen molar-refractivity contribution >= 4 is 44.0 Å². The third-order valence-corrected chi connectivity index (χ3v) is 5.82. The highest BCUT2D eigenvalue weighted by molar-refractivity contribution is 8.06. The van der Waals surface area contributed by atoms with Crippen molar-refractivity contribution in [2.24, 2.45) is 0 Å². The van der Waals surface area contributed by atoms with Crippen molar-refractivity contribution in [1.82, 2.24) is 0 Å². The number of furan rings is 1. The van der Waals surface area contributed by atoms with Gasteiger partial charge in [0, 0.05) is 5.69 Å². The molecule has 0 unspecified atom stereocenters. The molecule has 0 aliphatic heterocycles. The van der Waals surface area contributed by atoms with Crippen molar-refractivity contribution in [1.29, 1.82) is 0 Å². The topological polar surface area (TPSA) is 126 Å². The van der Waals surface area contributed by atoms with E-state index in [0.717, 1.165) is 12.1 Å². The van der Waals surface area contributed by atoms with Gasteiger partial charge in [-0.15, -0.1) is 0 Å². The quantitative estimate of drug-likeness (QED) is 0.529. The maximum atomic E-state index is 12.7. The number of anilines is 2. The molecule has 1 aromatic heterocycles. The van der Waals surface area contributed by atoms with Crippen LogP contribution < -0.4 is 10.6 Å². The van der Waals surface area contributed by atoms with Crippen molar-refractivity contribution in [3.05, 3.63) is 77.2 Å². The third-order valence-electron chi connectivity index (χ3n) is 3.89. The molecule has 0 bridgehead atoms. The number of rotatable bonds is 6. The van der Waals surface area contributed by atoms with Gasteiger partial charge in [0.2, 0.25) is 0 Å². The molecule has 2 aromatic carbocycles. The van der Waals surface area contributed by atoms with Gasteiger partial charge in [-0.05, 0) is 36.4 Å². The first-order valence-corrected chi connectivity index (χ1v) is 10.1. The summed E-state index contributed by atoms with van der Waals surface area (Å²) in [6.07, 6.45) is 1.46. The first-order valence-electron chi connectivity index (χ1n) is 8.23. The Morgan fingerprint density at radius 2 is 1.79 bits per heavy atom. The Kier molecular flexibility index (Phi) is 5.90. The predicted molar refractivity (Wildman–Crippen MR) is 107 cm³/mol. The summed E-state index contributed by atoms with van der Waals surface area (Å²) in [5.41, 5.74) is 0.000694. The van der Waals surface area contributed by atoms with Gasteiger partial charge in [-0.25, -0.2) is 13.2 Å². The van der Waals surface area contributed by atoms with Crippen LogP contribution in [-0.4, -0.2) is 24.7 Å². The Morgan fingerprint density at radius 1 is 1.07 bits per heavy atom. The maximum absolute atomic E-state index is 12.7. The minimum absolute atomic E-state index is 0.0846. The van der Waals surface area contributed by atoms with Gasteiger partial charge in [0.25, 0.3) is 9.84 Å². The van der Waals surface area contributed by atoms with Crippen LogP contribution in [0, 0.1) is 0 Å². The van der Waals surface area contributed by atoms with E-state index in [1.807, 2.05) is 0 Å². The molecule has 0 aliphatic carbocycles. The van der Waals surface area contributed by atoms with E-state index in [4.69, 9.17) is 16.0 Å². The summed E-state index contributed by atoms with van der Waals surface area (Å²) in [5, 5.41) is 12.9. The summed E-state index contributed by atoms with van der Waals surface area (Å²) in [6.45, 7) is 0.157. The van der Waals surface area contributed by atoms with E-state index in [2.05, 4.69) is 10.6 Å². The van der Waals surface area contributed by atoms with Crippen molar-refractivity contribution < 1.29 is 27.5 Å². The average molecular weight is 435 g/mol. The van der Waals surface area contributed by atoms with Crippen LogP contribution in [-0.2, 0) is 16.4 Å². The van der Waals surface area contributed by atoms with Crippen LogP contribution in [0.15, 0.2) is 70.2 Å². The molecule has 10 heteroatoms. The Labute approximate surface area is 171 Å². The number of halogens is 1. The third kappa shape index (κ3) is 4.58. The van der Waals surface area contributed by atoms with Crippen molar-refractivity contribution in [3.8, 4) is 0 Å². The summed E-state index contributed by atoms with van der Waals surface area (Å²) in [5.74, 6) is -0.847. The molecule has 150 valence electrons. The Balaban J connectivity index is 1.93. The van der Waals surface area contributed by atoms with E-state index >= 15 is 0 Å². The van der Waals surface area contributed by atoms with Gasteiger partial charge >= 0.3 is 11.2 Å². The second-order valence-corrected chi connectivity index (χ2v) is 8.07. The molecule has 3 rings (SSSR count). The van der Waals surface area contributed by atoms with E-state index < -0.39 is 25.9 Å². The number of carbonyl (C=O) groups is 2.